The predicted octanol–water partition coefficient (Wildman–Crippen LogP) is -0.175. The molecule has 0 saturated carbocycles. The number of rotatable bonds is 1. The molecule has 0 radical (unpaired) electrons. The molecule has 2 atom stereocenters. The summed E-state index contributed by atoms with van der Waals surface area (Å²) in [4.78, 5) is 12.2. The molecule has 3 nitrogen and oxygen atoms in total. The monoisotopic (exact) mass is 142 g/mol. The zero-order valence-corrected chi connectivity index (χ0v) is 6.50. The Morgan fingerprint density at radius 1 is 1.40 bits per heavy atom. The van der Waals surface area contributed by atoms with Crippen LogP contribution in [-0.2, 0) is 4.79 Å². The number of nitrogens with zero attached hydrogens (tertiary/aromatic N) is 1. The molecule has 0 spiro atoms. The lowest BCUT2D eigenvalue weighted by Crippen LogP contribution is -2.53. The highest BCUT2D eigenvalue weighted by atomic mass is 16.1. The normalized spacial score (nSPS) is 34.0. The van der Waals surface area contributed by atoms with Crippen molar-refractivity contribution in [2.24, 2.45) is 0 Å². The van der Waals surface area contributed by atoms with Gasteiger partial charge >= 0.3 is 0 Å². The van der Waals surface area contributed by atoms with Crippen molar-refractivity contribution >= 4 is 6.41 Å². The minimum absolute atomic E-state index is 0.439. The molecule has 58 valence electrons. The first-order valence-electron chi connectivity index (χ1n) is 3.67. The van der Waals surface area contributed by atoms with Crippen molar-refractivity contribution in [3.05, 3.63) is 0 Å². The summed E-state index contributed by atoms with van der Waals surface area (Å²) < 4.78 is 0. The molecular weight excluding hydrogens is 128 g/mol. The Labute approximate surface area is 61.4 Å². The van der Waals surface area contributed by atoms with Crippen LogP contribution in [0.2, 0.25) is 0 Å². The third kappa shape index (κ3) is 1.70. The maximum absolute atomic E-state index is 10.3. The lowest BCUT2D eigenvalue weighted by Gasteiger charge is -2.33. The number of hydrogen-bond acceptors (Lipinski definition) is 2. The van der Waals surface area contributed by atoms with Crippen molar-refractivity contribution in [2.75, 3.05) is 13.1 Å². The number of piperazine rings is 1. The van der Waals surface area contributed by atoms with Gasteiger partial charge in [-0.1, -0.05) is 0 Å². The van der Waals surface area contributed by atoms with Crippen molar-refractivity contribution in [3.8, 4) is 0 Å². The van der Waals surface area contributed by atoms with Gasteiger partial charge in [-0.05, 0) is 13.8 Å². The van der Waals surface area contributed by atoms with Gasteiger partial charge in [-0.2, -0.15) is 0 Å². The summed E-state index contributed by atoms with van der Waals surface area (Å²) >= 11 is 0. The van der Waals surface area contributed by atoms with E-state index in [9.17, 15) is 4.79 Å². The van der Waals surface area contributed by atoms with E-state index in [0.717, 1.165) is 19.5 Å². The summed E-state index contributed by atoms with van der Waals surface area (Å²) in [5.74, 6) is 0. The lowest BCUT2D eigenvalue weighted by atomic mass is 10.2. The smallest absolute Gasteiger partial charge is 0.209 e. The maximum atomic E-state index is 10.3. The summed E-state index contributed by atoms with van der Waals surface area (Å²) in [6, 6.07) is 0.878. The van der Waals surface area contributed by atoms with Crippen molar-refractivity contribution < 1.29 is 4.79 Å². The SMILES string of the molecule is C[C@@H]1CN(C=O)C[C@H](C)N1. The summed E-state index contributed by atoms with van der Waals surface area (Å²) in [6.07, 6.45) is 0.924. The maximum Gasteiger partial charge on any atom is 0.209 e. The van der Waals surface area contributed by atoms with Crippen LogP contribution in [0.3, 0.4) is 0 Å². The number of carbonyl (C=O) groups excluding carboxylic acids is 1. The van der Waals surface area contributed by atoms with Gasteiger partial charge in [0.2, 0.25) is 6.41 Å². The molecule has 1 saturated heterocycles. The third-order valence-corrected chi connectivity index (χ3v) is 1.73. The fourth-order valence-electron chi connectivity index (χ4n) is 1.46. The van der Waals surface area contributed by atoms with Gasteiger partial charge in [0.25, 0.3) is 0 Å². The van der Waals surface area contributed by atoms with Gasteiger partial charge in [-0.3, -0.25) is 4.79 Å². The highest BCUT2D eigenvalue weighted by molar-refractivity contribution is 5.47. The van der Waals surface area contributed by atoms with E-state index in [4.69, 9.17) is 0 Å². The van der Waals surface area contributed by atoms with E-state index in [2.05, 4.69) is 19.2 Å². The fraction of sp³-hybridized carbons (Fsp3) is 0.857. The molecule has 0 aromatic rings. The van der Waals surface area contributed by atoms with Gasteiger partial charge in [0.05, 0.1) is 0 Å². The number of carbonyl (C=O) groups is 1. The quantitative estimate of drug-likeness (QED) is 0.515. The molecule has 0 bridgehead atoms. The second kappa shape index (κ2) is 3.01. The Bertz CT molecular complexity index is 117. The van der Waals surface area contributed by atoms with Crippen LogP contribution in [0, 0.1) is 0 Å². The van der Waals surface area contributed by atoms with Crippen LogP contribution in [0.1, 0.15) is 13.8 Å². The predicted molar refractivity (Wildman–Crippen MR) is 39.7 cm³/mol. The molecule has 1 aliphatic rings. The summed E-state index contributed by atoms with van der Waals surface area (Å²) in [5, 5.41) is 3.34. The van der Waals surface area contributed by atoms with E-state index >= 15 is 0 Å². The topological polar surface area (TPSA) is 32.3 Å². The molecule has 1 heterocycles. The second-order valence-electron chi connectivity index (χ2n) is 3.03. The van der Waals surface area contributed by atoms with Crippen LogP contribution in [0.5, 0.6) is 0 Å². The average Bonchev–Trinajstić information content (AvgIpc) is 1.85. The molecule has 1 amide bonds. The molecular formula is C7H14N2O. The van der Waals surface area contributed by atoms with Crippen LogP contribution in [-0.4, -0.2) is 36.5 Å². The Balaban J connectivity index is 2.42. The highest BCUT2D eigenvalue weighted by Gasteiger charge is 2.18. The van der Waals surface area contributed by atoms with Crippen LogP contribution < -0.4 is 5.32 Å². The third-order valence-electron chi connectivity index (χ3n) is 1.73. The molecule has 10 heavy (non-hydrogen) atoms. The van der Waals surface area contributed by atoms with E-state index in [0.29, 0.717) is 12.1 Å². The molecule has 1 N–H and O–H groups in total. The average molecular weight is 142 g/mol. The van der Waals surface area contributed by atoms with E-state index in [1.807, 2.05) is 4.90 Å². The molecule has 0 aromatic heterocycles. The van der Waals surface area contributed by atoms with Gasteiger partial charge in [0, 0.05) is 25.2 Å². The van der Waals surface area contributed by atoms with Crippen molar-refractivity contribution in [3.63, 3.8) is 0 Å². The zero-order chi connectivity index (χ0) is 7.56. The van der Waals surface area contributed by atoms with E-state index in [1.165, 1.54) is 0 Å². The van der Waals surface area contributed by atoms with Crippen molar-refractivity contribution in [1.29, 1.82) is 0 Å². The first-order valence-corrected chi connectivity index (χ1v) is 3.67. The molecule has 0 aliphatic carbocycles. The van der Waals surface area contributed by atoms with Crippen LogP contribution in [0.15, 0.2) is 0 Å². The van der Waals surface area contributed by atoms with Crippen molar-refractivity contribution in [1.82, 2.24) is 10.2 Å². The number of nitrogens with one attached hydrogen (secondary N) is 1. The van der Waals surface area contributed by atoms with Gasteiger partial charge in [0.1, 0.15) is 0 Å². The zero-order valence-electron chi connectivity index (χ0n) is 6.50. The van der Waals surface area contributed by atoms with E-state index < -0.39 is 0 Å². The minimum Gasteiger partial charge on any atom is -0.342 e. The van der Waals surface area contributed by atoms with Gasteiger partial charge in [-0.15, -0.1) is 0 Å². The van der Waals surface area contributed by atoms with Crippen LogP contribution >= 0.6 is 0 Å². The van der Waals surface area contributed by atoms with Gasteiger partial charge in [0.15, 0.2) is 0 Å². The molecule has 3 heteroatoms. The molecule has 1 aliphatic heterocycles. The Kier molecular flexibility index (Phi) is 2.27. The van der Waals surface area contributed by atoms with E-state index in [-0.39, 0.29) is 0 Å². The van der Waals surface area contributed by atoms with Crippen molar-refractivity contribution in [2.45, 2.75) is 25.9 Å². The Morgan fingerprint density at radius 3 is 2.30 bits per heavy atom. The van der Waals surface area contributed by atoms with Crippen LogP contribution in [0.4, 0.5) is 0 Å². The standard InChI is InChI=1S/C7H14N2O/c1-6-3-9(5-10)4-7(2)8-6/h5-8H,3-4H2,1-2H3/t6-,7+. The minimum atomic E-state index is 0.439. The molecule has 1 fully saturated rings. The lowest BCUT2D eigenvalue weighted by molar-refractivity contribution is -0.119. The molecule has 0 aromatic carbocycles. The van der Waals surface area contributed by atoms with Crippen LogP contribution in [0.25, 0.3) is 0 Å². The number of hydrogen-bond donors (Lipinski definition) is 1. The first-order chi connectivity index (χ1) is 4.72. The number of amides is 1. The van der Waals surface area contributed by atoms with E-state index in [1.54, 1.807) is 0 Å². The summed E-state index contributed by atoms with van der Waals surface area (Å²) in [6.45, 7) is 5.86. The summed E-state index contributed by atoms with van der Waals surface area (Å²) in [5.41, 5.74) is 0. The van der Waals surface area contributed by atoms with Gasteiger partial charge < -0.3 is 10.2 Å². The molecule has 1 rings (SSSR count). The van der Waals surface area contributed by atoms with Gasteiger partial charge in [-0.25, -0.2) is 0 Å². The Hall–Kier alpha value is -0.570. The first kappa shape index (κ1) is 7.54. The highest BCUT2D eigenvalue weighted by Crippen LogP contribution is 2.00. The fourth-order valence-corrected chi connectivity index (χ4v) is 1.46. The second-order valence-corrected chi connectivity index (χ2v) is 3.03. The largest absolute Gasteiger partial charge is 0.342 e. The molecule has 0 unspecified atom stereocenters. The Morgan fingerprint density at radius 2 is 1.90 bits per heavy atom. The summed E-state index contributed by atoms with van der Waals surface area (Å²) in [7, 11) is 0.